The second kappa shape index (κ2) is 7.04. The smallest absolute Gasteiger partial charge is 0.155 e. The summed E-state index contributed by atoms with van der Waals surface area (Å²) in [5.41, 5.74) is 5.46. The molecule has 0 aromatic rings. The molecule has 6 rings (SSSR count). The van der Waals surface area contributed by atoms with E-state index >= 15 is 0 Å². The predicted molar refractivity (Wildman–Crippen MR) is 128 cm³/mol. The highest BCUT2D eigenvalue weighted by Crippen LogP contribution is 2.68. The van der Waals surface area contributed by atoms with Gasteiger partial charge in [0.2, 0.25) is 0 Å². The monoisotopic (exact) mass is 437 g/mol. The van der Waals surface area contributed by atoms with Gasteiger partial charge in [0.1, 0.15) is 0 Å². The molecule has 2 aliphatic heterocycles. The summed E-state index contributed by atoms with van der Waals surface area (Å²) >= 11 is 0. The molecule has 9 atom stereocenters. The summed E-state index contributed by atoms with van der Waals surface area (Å²) in [6.45, 7) is 13.5. The maximum absolute atomic E-state index is 12.2. The highest BCUT2D eigenvalue weighted by atomic mass is 16.5. The maximum atomic E-state index is 12.2. The normalized spacial score (nSPS) is 52.8. The molecule has 0 aromatic carbocycles. The van der Waals surface area contributed by atoms with E-state index in [1.54, 1.807) is 11.1 Å². The summed E-state index contributed by atoms with van der Waals surface area (Å²) in [6.07, 6.45) is 12.7. The molecule has 0 unspecified atom stereocenters. The van der Waals surface area contributed by atoms with Crippen molar-refractivity contribution in [2.75, 3.05) is 6.54 Å². The number of nitrogens with one attached hydrogen (secondary N) is 1. The molecular formula is C29H43NO2. The molecule has 1 N–H and O–H groups in total. The average molecular weight is 438 g/mol. The van der Waals surface area contributed by atoms with Gasteiger partial charge in [-0.05, 0) is 99.5 Å². The van der Waals surface area contributed by atoms with Gasteiger partial charge < -0.3 is 10.1 Å². The first kappa shape index (κ1) is 21.6. The minimum absolute atomic E-state index is 0.0210. The van der Waals surface area contributed by atoms with E-state index in [1.165, 1.54) is 37.7 Å². The van der Waals surface area contributed by atoms with Crippen molar-refractivity contribution in [2.24, 2.45) is 34.5 Å². The Kier molecular flexibility index (Phi) is 4.75. The van der Waals surface area contributed by atoms with Crippen molar-refractivity contribution >= 4 is 5.78 Å². The number of piperidine rings is 1. The van der Waals surface area contributed by atoms with Crippen molar-refractivity contribution < 1.29 is 9.53 Å². The summed E-state index contributed by atoms with van der Waals surface area (Å²) in [4.78, 5) is 12.2. The van der Waals surface area contributed by atoms with E-state index in [9.17, 15) is 4.79 Å². The molecule has 4 fully saturated rings. The first-order chi connectivity index (χ1) is 15.2. The van der Waals surface area contributed by atoms with Crippen molar-refractivity contribution in [1.82, 2.24) is 5.32 Å². The van der Waals surface area contributed by atoms with E-state index in [0.29, 0.717) is 41.1 Å². The molecule has 6 aliphatic rings. The zero-order chi connectivity index (χ0) is 22.5. The third-order valence-electron chi connectivity index (χ3n) is 11.6. The van der Waals surface area contributed by atoms with Crippen LogP contribution in [-0.4, -0.2) is 30.1 Å². The standard InChI is InChI=1S/C29H43NO2/c1-17-12-25-26(30-16-17)19(3)29(32-25)11-10-28(5)22-7-6-20-13-21(31)8-9-27(20,4)24(22)14-23(28)18(2)15-29/h13,17,19,22,24-26,30H,6-12,14-16H2,1-5H3/t17-,19+,22+,24-,25+,26-,27-,28-,29-/m0/s1. The molecule has 32 heavy (non-hydrogen) atoms. The first-order valence-electron chi connectivity index (χ1n) is 13.5. The van der Waals surface area contributed by atoms with Crippen molar-refractivity contribution in [2.45, 2.75) is 110 Å². The fourth-order valence-electron chi connectivity index (χ4n) is 9.57. The lowest BCUT2D eigenvalue weighted by Crippen LogP contribution is -2.48. The number of hydrogen-bond donors (Lipinski definition) is 1. The fraction of sp³-hybridized carbons (Fsp3) is 0.828. The summed E-state index contributed by atoms with van der Waals surface area (Å²) < 4.78 is 7.05. The van der Waals surface area contributed by atoms with Crippen LogP contribution in [0, 0.1) is 34.5 Å². The predicted octanol–water partition coefficient (Wildman–Crippen LogP) is 5.99. The van der Waals surface area contributed by atoms with Crippen molar-refractivity contribution in [3.63, 3.8) is 0 Å². The van der Waals surface area contributed by atoms with Gasteiger partial charge in [0.05, 0.1) is 11.7 Å². The Morgan fingerprint density at radius 1 is 1.06 bits per heavy atom. The molecular weight excluding hydrogens is 394 g/mol. The van der Waals surface area contributed by atoms with Gasteiger partial charge in [-0.1, -0.05) is 44.4 Å². The Morgan fingerprint density at radius 2 is 1.88 bits per heavy atom. The molecule has 0 bridgehead atoms. The Morgan fingerprint density at radius 3 is 2.69 bits per heavy atom. The highest BCUT2D eigenvalue weighted by Gasteiger charge is 2.61. The Labute approximate surface area is 194 Å². The van der Waals surface area contributed by atoms with E-state index in [1.807, 2.05) is 6.08 Å². The summed E-state index contributed by atoms with van der Waals surface area (Å²) in [6, 6.07) is 0.531. The van der Waals surface area contributed by atoms with Crippen LogP contribution in [0.2, 0.25) is 0 Å². The zero-order valence-electron chi connectivity index (χ0n) is 20.9. The molecule has 0 aromatic heterocycles. The van der Waals surface area contributed by atoms with Crippen LogP contribution in [0.4, 0.5) is 0 Å². The van der Waals surface area contributed by atoms with Gasteiger partial charge in [-0.2, -0.15) is 0 Å². The maximum Gasteiger partial charge on any atom is 0.155 e. The molecule has 176 valence electrons. The minimum Gasteiger partial charge on any atom is -0.369 e. The Hall–Kier alpha value is -0.930. The quantitative estimate of drug-likeness (QED) is 0.473. The third kappa shape index (κ3) is 2.82. The van der Waals surface area contributed by atoms with Gasteiger partial charge in [-0.25, -0.2) is 0 Å². The number of hydrogen-bond acceptors (Lipinski definition) is 3. The molecule has 2 saturated carbocycles. The van der Waals surface area contributed by atoms with E-state index in [-0.39, 0.29) is 11.0 Å². The number of ketones is 1. The lowest BCUT2D eigenvalue weighted by atomic mass is 9.54. The van der Waals surface area contributed by atoms with Crippen LogP contribution >= 0.6 is 0 Å². The summed E-state index contributed by atoms with van der Waals surface area (Å²) in [7, 11) is 0. The van der Waals surface area contributed by atoms with Crippen LogP contribution in [0.5, 0.6) is 0 Å². The van der Waals surface area contributed by atoms with Crippen LogP contribution in [0.15, 0.2) is 22.8 Å². The fourth-order valence-corrected chi connectivity index (χ4v) is 9.57. The average Bonchev–Trinajstić information content (AvgIpc) is 3.16. The topological polar surface area (TPSA) is 38.3 Å². The molecule has 0 radical (unpaired) electrons. The minimum atomic E-state index is 0.0210. The lowest BCUT2D eigenvalue weighted by Gasteiger charge is -2.50. The molecule has 1 spiro atoms. The van der Waals surface area contributed by atoms with Gasteiger partial charge in [0, 0.05) is 18.4 Å². The Bertz CT molecular complexity index is 903. The van der Waals surface area contributed by atoms with E-state index in [0.717, 1.165) is 38.1 Å². The number of ether oxygens (including phenoxy) is 1. The summed E-state index contributed by atoms with van der Waals surface area (Å²) in [5.74, 6) is 3.13. The molecule has 3 heteroatoms. The van der Waals surface area contributed by atoms with Gasteiger partial charge in [0.15, 0.2) is 5.78 Å². The zero-order valence-corrected chi connectivity index (χ0v) is 20.9. The summed E-state index contributed by atoms with van der Waals surface area (Å²) in [5, 5.41) is 3.86. The van der Waals surface area contributed by atoms with Crippen LogP contribution in [0.3, 0.4) is 0 Å². The van der Waals surface area contributed by atoms with Crippen LogP contribution < -0.4 is 5.32 Å². The lowest BCUT2D eigenvalue weighted by molar-refractivity contribution is -0.116. The van der Waals surface area contributed by atoms with Crippen molar-refractivity contribution in [3.05, 3.63) is 22.8 Å². The van der Waals surface area contributed by atoms with Gasteiger partial charge in [-0.3, -0.25) is 4.79 Å². The molecule has 0 amide bonds. The number of fused-ring (bicyclic) bond motifs is 6. The largest absolute Gasteiger partial charge is 0.369 e. The van der Waals surface area contributed by atoms with Crippen molar-refractivity contribution in [1.29, 1.82) is 0 Å². The number of carbonyl (C=O) groups excluding carboxylic acids is 1. The molecule has 2 saturated heterocycles. The van der Waals surface area contributed by atoms with Crippen LogP contribution in [-0.2, 0) is 9.53 Å². The number of allylic oxidation sites excluding steroid dienone is 3. The third-order valence-corrected chi connectivity index (χ3v) is 11.6. The van der Waals surface area contributed by atoms with Crippen LogP contribution in [0.1, 0.15) is 92.4 Å². The number of carbonyl (C=O) groups is 1. The second-order valence-corrected chi connectivity index (χ2v) is 13.1. The SMILES string of the molecule is CC1=C2C[C@H]3[C@@H](CCC4=CC(=O)CC[C@@]43C)[C@]2(C)CC[C@@]2(C1)O[C@@H]1C[C@H](C)CN[C@H]1[C@H]2C. The van der Waals surface area contributed by atoms with Crippen LogP contribution in [0.25, 0.3) is 0 Å². The van der Waals surface area contributed by atoms with Crippen molar-refractivity contribution in [3.8, 4) is 0 Å². The molecule has 3 nitrogen and oxygen atoms in total. The van der Waals surface area contributed by atoms with E-state index in [4.69, 9.17) is 4.74 Å². The van der Waals surface area contributed by atoms with Gasteiger partial charge in [0.25, 0.3) is 0 Å². The Balaban J connectivity index is 1.34. The first-order valence-corrected chi connectivity index (χ1v) is 13.5. The highest BCUT2D eigenvalue weighted by molar-refractivity contribution is 5.91. The van der Waals surface area contributed by atoms with Gasteiger partial charge in [-0.15, -0.1) is 0 Å². The second-order valence-electron chi connectivity index (χ2n) is 13.1. The molecule has 4 aliphatic carbocycles. The number of rotatable bonds is 0. The van der Waals surface area contributed by atoms with Gasteiger partial charge >= 0.3 is 0 Å². The van der Waals surface area contributed by atoms with E-state index in [2.05, 4.69) is 39.9 Å². The molecule has 2 heterocycles. The van der Waals surface area contributed by atoms with E-state index < -0.39 is 0 Å².